The molecular formula is C11H15ClN2O. The minimum absolute atomic E-state index is 0. The maximum absolute atomic E-state index is 5.59. The second-order valence-electron chi connectivity index (χ2n) is 4.18. The highest BCUT2D eigenvalue weighted by Gasteiger charge is 2.45. The van der Waals surface area contributed by atoms with Gasteiger partial charge in [0.1, 0.15) is 6.61 Å². The summed E-state index contributed by atoms with van der Waals surface area (Å²) in [6, 6.07) is 7.08. The Morgan fingerprint density at radius 3 is 3.00 bits per heavy atom. The summed E-state index contributed by atoms with van der Waals surface area (Å²) in [7, 11) is 0. The topological polar surface area (TPSA) is 34.1 Å². The molecular weight excluding hydrogens is 212 g/mol. The van der Waals surface area contributed by atoms with Crippen LogP contribution in [-0.2, 0) is 0 Å². The van der Waals surface area contributed by atoms with Gasteiger partial charge in [-0.2, -0.15) is 0 Å². The van der Waals surface area contributed by atoms with Gasteiger partial charge in [0.05, 0.1) is 0 Å². The lowest BCUT2D eigenvalue weighted by Crippen LogP contribution is -2.31. The Morgan fingerprint density at radius 2 is 2.33 bits per heavy atom. The van der Waals surface area contributed by atoms with Crippen LogP contribution in [0.2, 0.25) is 0 Å². The fourth-order valence-electron chi connectivity index (χ4n) is 2.18. The number of hydrogen-bond donors (Lipinski definition) is 1. The van der Waals surface area contributed by atoms with Crippen molar-refractivity contribution in [3.05, 3.63) is 24.4 Å². The van der Waals surface area contributed by atoms with E-state index in [-0.39, 0.29) is 12.4 Å². The molecule has 4 heteroatoms. The second-order valence-corrected chi connectivity index (χ2v) is 4.18. The SMILES string of the molecule is Cl.c1ccc(OC[C@@H]2C[C@H]3C[C@H]3N2)nc1. The molecule has 3 atom stereocenters. The van der Waals surface area contributed by atoms with E-state index in [0.29, 0.717) is 6.04 Å². The molecule has 0 spiro atoms. The fourth-order valence-corrected chi connectivity index (χ4v) is 2.18. The highest BCUT2D eigenvalue weighted by atomic mass is 35.5. The summed E-state index contributed by atoms with van der Waals surface area (Å²) in [5.41, 5.74) is 0. The molecule has 1 saturated heterocycles. The Morgan fingerprint density at radius 1 is 1.40 bits per heavy atom. The second kappa shape index (κ2) is 4.37. The van der Waals surface area contributed by atoms with Crippen molar-refractivity contribution in [2.75, 3.05) is 6.61 Å². The average Bonchev–Trinajstić information content (AvgIpc) is 2.85. The molecule has 15 heavy (non-hydrogen) atoms. The maximum atomic E-state index is 5.59. The van der Waals surface area contributed by atoms with Gasteiger partial charge < -0.3 is 10.1 Å². The molecule has 1 aromatic heterocycles. The van der Waals surface area contributed by atoms with E-state index in [1.165, 1.54) is 12.8 Å². The van der Waals surface area contributed by atoms with Gasteiger partial charge in [0.2, 0.25) is 5.88 Å². The number of nitrogens with one attached hydrogen (secondary N) is 1. The number of aromatic nitrogens is 1. The van der Waals surface area contributed by atoms with Crippen LogP contribution in [0, 0.1) is 5.92 Å². The van der Waals surface area contributed by atoms with Crippen LogP contribution in [0.15, 0.2) is 24.4 Å². The Labute approximate surface area is 95.6 Å². The number of fused-ring (bicyclic) bond motifs is 1. The Balaban J connectivity index is 0.000000853. The van der Waals surface area contributed by atoms with Crippen molar-refractivity contribution >= 4 is 12.4 Å². The summed E-state index contributed by atoms with van der Waals surface area (Å²) in [6.45, 7) is 0.754. The van der Waals surface area contributed by atoms with Crippen LogP contribution in [0.4, 0.5) is 0 Å². The molecule has 82 valence electrons. The number of nitrogens with zero attached hydrogens (tertiary/aromatic N) is 1. The Kier molecular flexibility index (Phi) is 3.12. The first-order chi connectivity index (χ1) is 6.92. The van der Waals surface area contributed by atoms with Gasteiger partial charge in [0.25, 0.3) is 0 Å². The predicted molar refractivity (Wildman–Crippen MR) is 60.4 cm³/mol. The molecule has 2 heterocycles. The summed E-state index contributed by atoms with van der Waals surface area (Å²) >= 11 is 0. The third kappa shape index (κ3) is 2.41. The molecule has 0 radical (unpaired) electrons. The number of pyridine rings is 1. The van der Waals surface area contributed by atoms with E-state index in [0.717, 1.165) is 24.4 Å². The van der Waals surface area contributed by atoms with Gasteiger partial charge in [-0.05, 0) is 24.8 Å². The fraction of sp³-hybridized carbons (Fsp3) is 0.545. The molecule has 3 nitrogen and oxygen atoms in total. The Hall–Kier alpha value is -0.800. The van der Waals surface area contributed by atoms with Gasteiger partial charge in [0.15, 0.2) is 0 Å². The first-order valence-electron chi connectivity index (χ1n) is 5.22. The van der Waals surface area contributed by atoms with E-state index in [2.05, 4.69) is 10.3 Å². The molecule has 1 aliphatic heterocycles. The van der Waals surface area contributed by atoms with Crippen LogP contribution in [0.3, 0.4) is 0 Å². The quantitative estimate of drug-likeness (QED) is 0.851. The van der Waals surface area contributed by atoms with Crippen molar-refractivity contribution in [1.29, 1.82) is 0 Å². The summed E-state index contributed by atoms with van der Waals surface area (Å²) in [6.07, 6.45) is 4.41. The first kappa shape index (κ1) is 10.7. The minimum Gasteiger partial charge on any atom is -0.476 e. The summed E-state index contributed by atoms with van der Waals surface area (Å²) in [5.74, 6) is 1.67. The number of ether oxygens (including phenoxy) is 1. The normalized spacial score (nSPS) is 31.6. The summed E-state index contributed by atoms with van der Waals surface area (Å²) in [4.78, 5) is 4.12. The van der Waals surface area contributed by atoms with Crippen LogP contribution < -0.4 is 10.1 Å². The van der Waals surface area contributed by atoms with Crippen molar-refractivity contribution < 1.29 is 4.74 Å². The molecule has 1 saturated carbocycles. The minimum atomic E-state index is 0. The van der Waals surface area contributed by atoms with E-state index < -0.39 is 0 Å². The van der Waals surface area contributed by atoms with Gasteiger partial charge in [-0.3, -0.25) is 0 Å². The standard InChI is InChI=1S/C11H14N2O.ClH/c1-2-4-12-11(3-1)14-7-9-5-8-6-10(8)13-9;/h1-4,8-10,13H,5-7H2;1H/t8-,9-,10+;/m0./s1. The van der Waals surface area contributed by atoms with Crippen molar-refractivity contribution in [1.82, 2.24) is 10.3 Å². The zero-order valence-corrected chi connectivity index (χ0v) is 9.24. The van der Waals surface area contributed by atoms with Gasteiger partial charge in [-0.25, -0.2) is 4.98 Å². The highest BCUT2D eigenvalue weighted by Crippen LogP contribution is 2.40. The largest absolute Gasteiger partial charge is 0.476 e. The predicted octanol–water partition coefficient (Wildman–Crippen LogP) is 1.63. The first-order valence-corrected chi connectivity index (χ1v) is 5.22. The molecule has 1 aliphatic carbocycles. The van der Waals surface area contributed by atoms with Gasteiger partial charge in [-0.1, -0.05) is 6.07 Å². The van der Waals surface area contributed by atoms with Gasteiger partial charge >= 0.3 is 0 Å². The van der Waals surface area contributed by atoms with E-state index in [9.17, 15) is 0 Å². The van der Waals surface area contributed by atoms with Gasteiger partial charge in [0, 0.05) is 24.3 Å². The summed E-state index contributed by atoms with van der Waals surface area (Å²) in [5, 5.41) is 3.55. The number of hydrogen-bond acceptors (Lipinski definition) is 3. The van der Waals surface area contributed by atoms with Crippen LogP contribution in [0.5, 0.6) is 5.88 Å². The van der Waals surface area contributed by atoms with Crippen LogP contribution >= 0.6 is 12.4 Å². The molecule has 1 N–H and O–H groups in total. The Bertz CT molecular complexity index is 310. The lowest BCUT2D eigenvalue weighted by Gasteiger charge is -2.13. The van der Waals surface area contributed by atoms with Crippen LogP contribution in [0.25, 0.3) is 0 Å². The van der Waals surface area contributed by atoms with Crippen LogP contribution in [-0.4, -0.2) is 23.7 Å². The molecule has 0 aromatic carbocycles. The zero-order chi connectivity index (χ0) is 9.38. The molecule has 2 aliphatic rings. The van der Waals surface area contributed by atoms with Crippen molar-refractivity contribution in [2.45, 2.75) is 24.9 Å². The smallest absolute Gasteiger partial charge is 0.213 e. The van der Waals surface area contributed by atoms with E-state index in [1.807, 2.05) is 18.2 Å². The van der Waals surface area contributed by atoms with Crippen molar-refractivity contribution in [3.63, 3.8) is 0 Å². The van der Waals surface area contributed by atoms with E-state index in [1.54, 1.807) is 6.20 Å². The van der Waals surface area contributed by atoms with E-state index >= 15 is 0 Å². The number of halogens is 1. The molecule has 2 fully saturated rings. The number of piperidine rings is 1. The van der Waals surface area contributed by atoms with E-state index in [4.69, 9.17) is 4.74 Å². The third-order valence-electron chi connectivity index (χ3n) is 3.03. The molecule has 0 bridgehead atoms. The lowest BCUT2D eigenvalue weighted by atomic mass is 10.2. The van der Waals surface area contributed by atoms with Crippen molar-refractivity contribution in [3.8, 4) is 5.88 Å². The molecule has 3 rings (SSSR count). The molecule has 0 unspecified atom stereocenters. The van der Waals surface area contributed by atoms with Crippen molar-refractivity contribution in [2.24, 2.45) is 5.92 Å². The lowest BCUT2D eigenvalue weighted by molar-refractivity contribution is 0.259. The average molecular weight is 227 g/mol. The summed E-state index contributed by atoms with van der Waals surface area (Å²) < 4.78 is 5.59. The number of rotatable bonds is 3. The maximum Gasteiger partial charge on any atom is 0.213 e. The molecule has 1 aromatic rings. The molecule has 0 amide bonds. The monoisotopic (exact) mass is 226 g/mol. The highest BCUT2D eigenvalue weighted by molar-refractivity contribution is 5.85. The third-order valence-corrected chi connectivity index (χ3v) is 3.03. The zero-order valence-electron chi connectivity index (χ0n) is 8.43. The van der Waals surface area contributed by atoms with Gasteiger partial charge in [-0.15, -0.1) is 12.4 Å². The van der Waals surface area contributed by atoms with Crippen LogP contribution in [0.1, 0.15) is 12.8 Å².